The smallest absolute Gasteiger partial charge is 0.164 e. The summed E-state index contributed by atoms with van der Waals surface area (Å²) in [7, 11) is 0. The molecule has 0 amide bonds. The lowest BCUT2D eigenvalue weighted by molar-refractivity contribution is 0.666. The number of aromatic nitrogens is 4. The molecule has 0 spiro atoms. The maximum Gasteiger partial charge on any atom is 0.164 e. The lowest BCUT2D eigenvalue weighted by Crippen LogP contribution is -2.15. The summed E-state index contributed by atoms with van der Waals surface area (Å²) in [5, 5.41) is 2.58. The fourth-order valence-electron chi connectivity index (χ4n) is 6.44. The van der Waals surface area contributed by atoms with E-state index in [0.29, 0.717) is 17.5 Å². The van der Waals surface area contributed by atoms with E-state index in [1.54, 1.807) is 6.20 Å². The van der Waals surface area contributed by atoms with Crippen LogP contribution in [-0.4, -0.2) is 19.9 Å². The molecule has 7 aromatic rings. The highest BCUT2D eigenvalue weighted by molar-refractivity contribution is 5.97. The highest BCUT2D eigenvalue weighted by atomic mass is 15.0. The van der Waals surface area contributed by atoms with Crippen LogP contribution in [0, 0.1) is 0 Å². The first kappa shape index (κ1) is 25.2. The summed E-state index contributed by atoms with van der Waals surface area (Å²) in [6.07, 6.45) is 3.66. The van der Waals surface area contributed by atoms with Crippen molar-refractivity contribution in [1.29, 1.82) is 0 Å². The molecule has 43 heavy (non-hydrogen) atoms. The zero-order chi connectivity index (χ0) is 29.0. The minimum atomic E-state index is -0.165. The van der Waals surface area contributed by atoms with Gasteiger partial charge in [0.15, 0.2) is 17.5 Å². The molecular weight excluding hydrogens is 524 g/mol. The zero-order valence-corrected chi connectivity index (χ0v) is 24.0. The minimum absolute atomic E-state index is 0.165. The summed E-state index contributed by atoms with van der Waals surface area (Å²) in [5.41, 5.74) is 10.1. The van der Waals surface area contributed by atoms with E-state index in [9.17, 15) is 0 Å². The van der Waals surface area contributed by atoms with Crippen molar-refractivity contribution in [1.82, 2.24) is 19.9 Å². The van der Waals surface area contributed by atoms with Crippen LogP contribution < -0.4 is 0 Å². The molecule has 4 nitrogen and oxygen atoms in total. The minimum Gasteiger partial charge on any atom is -0.264 e. The number of rotatable bonds is 4. The number of benzene rings is 5. The van der Waals surface area contributed by atoms with E-state index in [1.807, 2.05) is 42.6 Å². The first-order valence-electron chi connectivity index (χ1n) is 14.6. The van der Waals surface area contributed by atoms with E-state index >= 15 is 0 Å². The van der Waals surface area contributed by atoms with Crippen molar-refractivity contribution in [3.8, 4) is 56.4 Å². The molecule has 8 rings (SSSR count). The summed E-state index contributed by atoms with van der Waals surface area (Å²) in [6.45, 7) is 4.65. The van der Waals surface area contributed by atoms with Crippen LogP contribution in [0.1, 0.15) is 25.0 Å². The third-order valence-electron chi connectivity index (χ3n) is 8.60. The van der Waals surface area contributed by atoms with Gasteiger partial charge in [-0.15, -0.1) is 0 Å². The predicted octanol–water partition coefficient (Wildman–Crippen LogP) is 9.39. The molecule has 1 aliphatic rings. The summed E-state index contributed by atoms with van der Waals surface area (Å²) in [6, 6.07) is 42.3. The molecule has 204 valence electrons. The fraction of sp³-hybridized carbons (Fsp3) is 0.0769. The summed E-state index contributed by atoms with van der Waals surface area (Å²) < 4.78 is 0. The summed E-state index contributed by atoms with van der Waals surface area (Å²) >= 11 is 0. The Balaban J connectivity index is 1.26. The molecule has 2 heterocycles. The quantitative estimate of drug-likeness (QED) is 0.218. The van der Waals surface area contributed by atoms with E-state index < -0.39 is 0 Å². The average Bonchev–Trinajstić information content (AvgIpc) is 3.31. The van der Waals surface area contributed by atoms with E-state index in [2.05, 4.69) is 104 Å². The van der Waals surface area contributed by atoms with Crippen molar-refractivity contribution in [2.45, 2.75) is 19.3 Å². The van der Waals surface area contributed by atoms with Gasteiger partial charge in [0.25, 0.3) is 0 Å². The maximum absolute atomic E-state index is 5.04. The average molecular weight is 553 g/mol. The van der Waals surface area contributed by atoms with Crippen molar-refractivity contribution in [3.05, 3.63) is 145 Å². The van der Waals surface area contributed by atoms with Gasteiger partial charge in [0, 0.05) is 34.5 Å². The number of hydrogen-bond acceptors (Lipinski definition) is 4. The Kier molecular flexibility index (Phi) is 5.76. The Morgan fingerprint density at radius 1 is 0.488 bits per heavy atom. The molecule has 0 aliphatic heterocycles. The van der Waals surface area contributed by atoms with E-state index in [1.165, 1.54) is 33.0 Å². The van der Waals surface area contributed by atoms with Crippen molar-refractivity contribution in [2.24, 2.45) is 0 Å². The van der Waals surface area contributed by atoms with Crippen LogP contribution in [-0.2, 0) is 5.41 Å². The molecule has 2 aromatic heterocycles. The third-order valence-corrected chi connectivity index (χ3v) is 8.60. The van der Waals surface area contributed by atoms with Gasteiger partial charge in [-0.1, -0.05) is 123 Å². The van der Waals surface area contributed by atoms with Gasteiger partial charge in [0.1, 0.15) is 0 Å². The molecule has 0 radical (unpaired) electrons. The lowest BCUT2D eigenvalue weighted by Gasteiger charge is -2.23. The Morgan fingerprint density at radius 3 is 1.84 bits per heavy atom. The van der Waals surface area contributed by atoms with Crippen LogP contribution >= 0.6 is 0 Å². The van der Waals surface area contributed by atoms with Crippen molar-refractivity contribution >= 4 is 10.8 Å². The molecule has 0 N–H and O–H groups in total. The molecule has 0 saturated carbocycles. The normalized spacial score (nSPS) is 13.1. The SMILES string of the molecule is CC1(C)c2cc(-c3nc(-c4ccccc4)nc(-c4ccc(-c5cccnc5)cc4)n3)ccc2-c2ccc3ccccc3c21. The lowest BCUT2D eigenvalue weighted by atomic mass is 9.80. The van der Waals surface area contributed by atoms with Crippen LogP contribution in [0.5, 0.6) is 0 Å². The molecule has 5 aromatic carbocycles. The number of pyridine rings is 1. The van der Waals surface area contributed by atoms with E-state index in [0.717, 1.165) is 27.8 Å². The van der Waals surface area contributed by atoms with Crippen LogP contribution in [0.25, 0.3) is 67.2 Å². The van der Waals surface area contributed by atoms with Gasteiger partial charge in [-0.25, -0.2) is 15.0 Å². The monoisotopic (exact) mass is 552 g/mol. The third kappa shape index (κ3) is 4.22. The van der Waals surface area contributed by atoms with Crippen LogP contribution in [0.3, 0.4) is 0 Å². The fourth-order valence-corrected chi connectivity index (χ4v) is 6.44. The van der Waals surface area contributed by atoms with Crippen molar-refractivity contribution < 1.29 is 0 Å². The molecule has 0 saturated heterocycles. The number of nitrogens with zero attached hydrogens (tertiary/aromatic N) is 4. The Morgan fingerprint density at radius 2 is 1.09 bits per heavy atom. The van der Waals surface area contributed by atoms with Gasteiger partial charge in [0.2, 0.25) is 0 Å². The highest BCUT2D eigenvalue weighted by Crippen LogP contribution is 2.52. The van der Waals surface area contributed by atoms with Gasteiger partial charge < -0.3 is 0 Å². The number of fused-ring (bicyclic) bond motifs is 5. The molecular formula is C39H28N4. The van der Waals surface area contributed by atoms with Crippen molar-refractivity contribution in [3.63, 3.8) is 0 Å². The van der Waals surface area contributed by atoms with Gasteiger partial charge >= 0.3 is 0 Å². The molecule has 0 atom stereocenters. The van der Waals surface area contributed by atoms with Gasteiger partial charge in [-0.2, -0.15) is 0 Å². The predicted molar refractivity (Wildman–Crippen MR) is 174 cm³/mol. The van der Waals surface area contributed by atoms with E-state index in [4.69, 9.17) is 15.0 Å². The van der Waals surface area contributed by atoms with Gasteiger partial charge in [0.05, 0.1) is 0 Å². The number of hydrogen-bond donors (Lipinski definition) is 0. The Labute approximate surface area is 250 Å². The zero-order valence-electron chi connectivity index (χ0n) is 24.0. The summed E-state index contributed by atoms with van der Waals surface area (Å²) in [5.74, 6) is 1.97. The second kappa shape index (κ2) is 9.81. The first-order chi connectivity index (χ1) is 21.1. The molecule has 0 fully saturated rings. The van der Waals surface area contributed by atoms with Crippen LogP contribution in [0.2, 0.25) is 0 Å². The van der Waals surface area contributed by atoms with Crippen LogP contribution in [0.15, 0.2) is 134 Å². The topological polar surface area (TPSA) is 51.6 Å². The van der Waals surface area contributed by atoms with Gasteiger partial charge in [-0.3, -0.25) is 4.98 Å². The Bertz CT molecular complexity index is 2130. The largest absolute Gasteiger partial charge is 0.264 e. The maximum atomic E-state index is 5.04. The van der Waals surface area contributed by atoms with Crippen molar-refractivity contribution in [2.75, 3.05) is 0 Å². The second-order valence-electron chi connectivity index (χ2n) is 11.6. The second-order valence-corrected chi connectivity index (χ2v) is 11.6. The van der Waals surface area contributed by atoms with Gasteiger partial charge in [-0.05, 0) is 56.3 Å². The standard InChI is InChI=1S/C39H28N4/c1-39(2)34-23-29(19-20-32(34)33-21-18-26-9-6-7-13-31(26)35(33)39)38-42-36(27-10-4-3-5-11-27)41-37(43-38)28-16-14-25(15-17-28)30-12-8-22-40-24-30/h3-24H,1-2H3. The molecule has 4 heteroatoms. The summed E-state index contributed by atoms with van der Waals surface area (Å²) in [4.78, 5) is 19.2. The molecule has 0 bridgehead atoms. The molecule has 0 unspecified atom stereocenters. The highest BCUT2D eigenvalue weighted by Gasteiger charge is 2.37. The first-order valence-corrected chi connectivity index (χ1v) is 14.6. The van der Waals surface area contributed by atoms with Crippen LogP contribution in [0.4, 0.5) is 0 Å². The van der Waals surface area contributed by atoms with E-state index in [-0.39, 0.29) is 5.41 Å². The Hall–Kier alpha value is -5.48. The molecule has 1 aliphatic carbocycles.